The fourth-order valence-electron chi connectivity index (χ4n) is 1.10. The van der Waals surface area contributed by atoms with Crippen LogP contribution >= 0.6 is 0 Å². The van der Waals surface area contributed by atoms with Crippen molar-refractivity contribution < 1.29 is 0 Å². The van der Waals surface area contributed by atoms with E-state index < -0.39 is 0 Å². The Labute approximate surface area is 68.5 Å². The van der Waals surface area contributed by atoms with Crippen LogP contribution in [-0.2, 0) is 0 Å². The molecule has 0 aromatic carbocycles. The summed E-state index contributed by atoms with van der Waals surface area (Å²) in [6.07, 6.45) is 12.7. The summed E-state index contributed by atoms with van der Waals surface area (Å²) in [4.78, 5) is 0. The molecule has 60 valence electrons. The van der Waals surface area contributed by atoms with Crippen LogP contribution in [0.2, 0.25) is 0 Å². The summed E-state index contributed by atoms with van der Waals surface area (Å²) >= 11 is 0. The lowest BCUT2D eigenvalue weighted by Crippen LogP contribution is -2.27. The van der Waals surface area contributed by atoms with Gasteiger partial charge in [0.25, 0.3) is 0 Å². The highest BCUT2D eigenvalue weighted by Gasteiger charge is 2.07. The van der Waals surface area contributed by atoms with Gasteiger partial charge in [-0.1, -0.05) is 36.5 Å². The summed E-state index contributed by atoms with van der Waals surface area (Å²) in [6.45, 7) is 2.19. The average molecular weight is 149 g/mol. The molecule has 11 heavy (non-hydrogen) atoms. The van der Waals surface area contributed by atoms with Crippen molar-refractivity contribution in [3.63, 3.8) is 0 Å². The fraction of sp³-hybridized carbons (Fsp3) is 0.400. The molecule has 0 bridgehead atoms. The minimum atomic E-state index is 0.516. The third-order valence-electron chi connectivity index (χ3n) is 2.03. The standard InChI is InChI=1S/C10H15N/c1-9(11-2)10-7-5-3-4-6-8-10/h3-11H,1-2H3/t9-/m0/s1. The quantitative estimate of drug-likeness (QED) is 0.632. The van der Waals surface area contributed by atoms with Gasteiger partial charge in [-0.25, -0.2) is 0 Å². The second-order valence-corrected chi connectivity index (χ2v) is 2.81. The van der Waals surface area contributed by atoms with E-state index in [1.807, 2.05) is 7.05 Å². The molecule has 0 unspecified atom stereocenters. The molecule has 1 aliphatic carbocycles. The van der Waals surface area contributed by atoms with Gasteiger partial charge in [0.2, 0.25) is 0 Å². The van der Waals surface area contributed by atoms with Gasteiger partial charge in [-0.05, 0) is 14.0 Å². The van der Waals surface area contributed by atoms with E-state index in [4.69, 9.17) is 0 Å². The first-order chi connectivity index (χ1) is 5.34. The van der Waals surface area contributed by atoms with Gasteiger partial charge in [-0.2, -0.15) is 0 Å². The van der Waals surface area contributed by atoms with E-state index in [2.05, 4.69) is 48.7 Å². The molecule has 1 atom stereocenters. The minimum Gasteiger partial charge on any atom is -0.316 e. The van der Waals surface area contributed by atoms with E-state index in [0.29, 0.717) is 12.0 Å². The Morgan fingerprint density at radius 2 is 1.64 bits per heavy atom. The highest BCUT2D eigenvalue weighted by Crippen LogP contribution is 2.09. The number of allylic oxidation sites excluding steroid dienone is 4. The average Bonchev–Trinajstić information content (AvgIpc) is 2.30. The third-order valence-corrected chi connectivity index (χ3v) is 2.03. The summed E-state index contributed by atoms with van der Waals surface area (Å²) in [7, 11) is 1.99. The number of nitrogens with one attached hydrogen (secondary N) is 1. The van der Waals surface area contributed by atoms with Crippen LogP contribution in [0.15, 0.2) is 36.5 Å². The van der Waals surface area contributed by atoms with Crippen molar-refractivity contribution in [3.05, 3.63) is 36.5 Å². The Morgan fingerprint density at radius 3 is 2.09 bits per heavy atom. The van der Waals surface area contributed by atoms with Crippen LogP contribution < -0.4 is 5.32 Å². The summed E-state index contributed by atoms with van der Waals surface area (Å²) < 4.78 is 0. The number of rotatable bonds is 2. The predicted octanol–water partition coefficient (Wildman–Crippen LogP) is 1.89. The first kappa shape index (κ1) is 8.28. The van der Waals surface area contributed by atoms with E-state index in [0.717, 1.165) is 0 Å². The molecule has 1 aliphatic rings. The second-order valence-electron chi connectivity index (χ2n) is 2.81. The van der Waals surface area contributed by atoms with Gasteiger partial charge < -0.3 is 5.32 Å². The maximum atomic E-state index is 3.23. The molecule has 1 rings (SSSR count). The van der Waals surface area contributed by atoms with E-state index in [1.54, 1.807) is 0 Å². The van der Waals surface area contributed by atoms with Crippen LogP contribution in [-0.4, -0.2) is 13.1 Å². The zero-order chi connectivity index (χ0) is 8.10. The lowest BCUT2D eigenvalue weighted by molar-refractivity contribution is 0.536. The SMILES string of the molecule is CN[C@@H](C)C1C=CC=CC=C1. The largest absolute Gasteiger partial charge is 0.316 e. The van der Waals surface area contributed by atoms with Crippen molar-refractivity contribution in [3.8, 4) is 0 Å². The van der Waals surface area contributed by atoms with Gasteiger partial charge in [-0.3, -0.25) is 0 Å². The van der Waals surface area contributed by atoms with Gasteiger partial charge in [0, 0.05) is 12.0 Å². The highest BCUT2D eigenvalue weighted by molar-refractivity contribution is 5.20. The maximum Gasteiger partial charge on any atom is 0.0133 e. The first-order valence-corrected chi connectivity index (χ1v) is 4.03. The third kappa shape index (κ3) is 2.35. The fourth-order valence-corrected chi connectivity index (χ4v) is 1.10. The molecule has 0 aromatic rings. The number of hydrogen-bond acceptors (Lipinski definition) is 1. The molecule has 0 heterocycles. The van der Waals surface area contributed by atoms with Crippen molar-refractivity contribution in [1.82, 2.24) is 5.32 Å². The zero-order valence-corrected chi connectivity index (χ0v) is 7.12. The molecule has 1 heteroatoms. The molecule has 1 nitrogen and oxygen atoms in total. The van der Waals surface area contributed by atoms with Gasteiger partial charge in [0.15, 0.2) is 0 Å². The van der Waals surface area contributed by atoms with Crippen LogP contribution in [0.25, 0.3) is 0 Å². The molecule has 0 aromatic heterocycles. The van der Waals surface area contributed by atoms with E-state index in [-0.39, 0.29) is 0 Å². The predicted molar refractivity (Wildman–Crippen MR) is 49.4 cm³/mol. The monoisotopic (exact) mass is 149 g/mol. The molecular formula is C10H15N. The normalized spacial score (nSPS) is 20.2. The number of hydrogen-bond donors (Lipinski definition) is 1. The summed E-state index contributed by atoms with van der Waals surface area (Å²) in [5.74, 6) is 0.523. The lowest BCUT2D eigenvalue weighted by atomic mass is 10.0. The Kier molecular flexibility index (Phi) is 3.12. The van der Waals surface area contributed by atoms with Crippen molar-refractivity contribution in [2.24, 2.45) is 5.92 Å². The summed E-state index contributed by atoms with van der Waals surface area (Å²) in [6, 6.07) is 0.516. The molecule has 0 aliphatic heterocycles. The Morgan fingerprint density at radius 1 is 1.09 bits per heavy atom. The molecule has 0 spiro atoms. The Balaban J connectivity index is 2.59. The van der Waals surface area contributed by atoms with Crippen molar-refractivity contribution in [1.29, 1.82) is 0 Å². The van der Waals surface area contributed by atoms with Gasteiger partial charge in [0.1, 0.15) is 0 Å². The summed E-state index contributed by atoms with van der Waals surface area (Å²) in [5.41, 5.74) is 0. The second kappa shape index (κ2) is 4.14. The Hall–Kier alpha value is -0.820. The smallest absolute Gasteiger partial charge is 0.0133 e. The lowest BCUT2D eigenvalue weighted by Gasteiger charge is -2.15. The Bertz CT molecular complexity index is 173. The van der Waals surface area contributed by atoms with E-state index in [9.17, 15) is 0 Å². The van der Waals surface area contributed by atoms with Crippen molar-refractivity contribution in [2.75, 3.05) is 7.05 Å². The van der Waals surface area contributed by atoms with Crippen LogP contribution in [0.5, 0.6) is 0 Å². The molecule has 0 amide bonds. The highest BCUT2D eigenvalue weighted by atomic mass is 14.9. The molecular weight excluding hydrogens is 134 g/mol. The molecule has 0 saturated heterocycles. The van der Waals surface area contributed by atoms with Crippen LogP contribution in [0, 0.1) is 5.92 Å². The topological polar surface area (TPSA) is 12.0 Å². The van der Waals surface area contributed by atoms with Crippen molar-refractivity contribution in [2.45, 2.75) is 13.0 Å². The van der Waals surface area contributed by atoms with Gasteiger partial charge in [0.05, 0.1) is 0 Å². The van der Waals surface area contributed by atoms with E-state index in [1.165, 1.54) is 0 Å². The van der Waals surface area contributed by atoms with Gasteiger partial charge in [-0.15, -0.1) is 0 Å². The molecule has 1 N–H and O–H groups in total. The zero-order valence-electron chi connectivity index (χ0n) is 7.12. The first-order valence-electron chi connectivity index (χ1n) is 4.03. The van der Waals surface area contributed by atoms with Crippen molar-refractivity contribution >= 4 is 0 Å². The van der Waals surface area contributed by atoms with E-state index >= 15 is 0 Å². The van der Waals surface area contributed by atoms with Crippen LogP contribution in [0.4, 0.5) is 0 Å². The van der Waals surface area contributed by atoms with Crippen LogP contribution in [0.1, 0.15) is 6.92 Å². The molecule has 0 saturated carbocycles. The minimum absolute atomic E-state index is 0.516. The van der Waals surface area contributed by atoms with Gasteiger partial charge >= 0.3 is 0 Å². The molecule has 0 radical (unpaired) electrons. The molecule has 0 fully saturated rings. The van der Waals surface area contributed by atoms with Crippen LogP contribution in [0.3, 0.4) is 0 Å². The summed E-state index contributed by atoms with van der Waals surface area (Å²) in [5, 5.41) is 3.23. The maximum absolute atomic E-state index is 3.23.